The van der Waals surface area contributed by atoms with Crippen LogP contribution >= 0.6 is 0 Å². The Hall–Kier alpha value is -2.33. The molecule has 0 spiro atoms. The fraction of sp³-hybridized carbons (Fsp3) is 0.316. The van der Waals surface area contributed by atoms with E-state index in [0.29, 0.717) is 26.3 Å². The fourth-order valence-corrected chi connectivity index (χ4v) is 2.70. The number of nitrogens with zero attached hydrogens (tertiary/aromatic N) is 1. The summed E-state index contributed by atoms with van der Waals surface area (Å²) in [5, 5.41) is 0. The fourth-order valence-electron chi connectivity index (χ4n) is 2.70. The van der Waals surface area contributed by atoms with Crippen LogP contribution < -0.4 is 0 Å². The minimum atomic E-state index is -0.268. The zero-order chi connectivity index (χ0) is 15.9. The van der Waals surface area contributed by atoms with Crippen LogP contribution in [0.2, 0.25) is 0 Å². The molecule has 3 rings (SSSR count). The van der Waals surface area contributed by atoms with Crippen LogP contribution in [0, 0.1) is 0 Å². The van der Waals surface area contributed by atoms with E-state index in [9.17, 15) is 4.79 Å². The van der Waals surface area contributed by atoms with Gasteiger partial charge in [-0.15, -0.1) is 0 Å². The highest BCUT2D eigenvalue weighted by Gasteiger charge is 2.25. The smallest absolute Gasteiger partial charge is 0.410 e. The monoisotopic (exact) mass is 311 g/mol. The third kappa shape index (κ3) is 4.57. The van der Waals surface area contributed by atoms with Crippen LogP contribution in [0.25, 0.3) is 0 Å². The molecule has 2 aromatic rings. The maximum absolute atomic E-state index is 12.2. The van der Waals surface area contributed by atoms with Crippen molar-refractivity contribution in [1.82, 2.24) is 4.90 Å². The van der Waals surface area contributed by atoms with Gasteiger partial charge in [-0.1, -0.05) is 60.7 Å². The summed E-state index contributed by atoms with van der Waals surface area (Å²) >= 11 is 0. The lowest BCUT2D eigenvalue weighted by molar-refractivity contribution is -0.0275. The molecule has 0 aromatic heterocycles. The van der Waals surface area contributed by atoms with Crippen molar-refractivity contribution >= 4 is 6.09 Å². The molecule has 0 N–H and O–H groups in total. The SMILES string of the molecule is O=C(OCc1ccccc1)N1CCOC(Cc2ccccc2)C1. The second-order valence-corrected chi connectivity index (χ2v) is 5.67. The third-order valence-electron chi connectivity index (χ3n) is 3.91. The van der Waals surface area contributed by atoms with Gasteiger partial charge in [0.1, 0.15) is 6.61 Å². The van der Waals surface area contributed by atoms with Crippen molar-refractivity contribution in [3.63, 3.8) is 0 Å². The van der Waals surface area contributed by atoms with Gasteiger partial charge in [0.2, 0.25) is 0 Å². The lowest BCUT2D eigenvalue weighted by atomic mass is 10.1. The molecule has 0 saturated carbocycles. The number of carbonyl (C=O) groups is 1. The number of amides is 1. The molecule has 0 bridgehead atoms. The molecule has 2 aromatic carbocycles. The second kappa shape index (κ2) is 7.79. The topological polar surface area (TPSA) is 38.8 Å². The molecule has 1 aliphatic heterocycles. The summed E-state index contributed by atoms with van der Waals surface area (Å²) in [4.78, 5) is 14.0. The summed E-state index contributed by atoms with van der Waals surface area (Å²) < 4.78 is 11.2. The third-order valence-corrected chi connectivity index (χ3v) is 3.91. The molecule has 1 saturated heterocycles. The maximum Gasteiger partial charge on any atom is 0.410 e. The summed E-state index contributed by atoms with van der Waals surface area (Å²) in [5.41, 5.74) is 2.21. The standard InChI is InChI=1S/C19H21NO3/c21-19(23-15-17-9-5-2-6-10-17)20-11-12-22-18(14-20)13-16-7-3-1-4-8-16/h1-10,18H,11-15H2. The van der Waals surface area contributed by atoms with Crippen LogP contribution in [-0.2, 0) is 22.5 Å². The van der Waals surface area contributed by atoms with Crippen molar-refractivity contribution in [2.75, 3.05) is 19.7 Å². The van der Waals surface area contributed by atoms with E-state index in [1.165, 1.54) is 5.56 Å². The zero-order valence-corrected chi connectivity index (χ0v) is 13.1. The molecule has 1 amide bonds. The lowest BCUT2D eigenvalue weighted by Crippen LogP contribution is -2.46. The summed E-state index contributed by atoms with van der Waals surface area (Å²) in [7, 11) is 0. The number of hydrogen-bond donors (Lipinski definition) is 0. The summed E-state index contributed by atoms with van der Waals surface area (Å²) in [6.07, 6.45) is 0.564. The van der Waals surface area contributed by atoms with E-state index in [1.807, 2.05) is 48.5 Å². The Balaban J connectivity index is 1.50. The van der Waals surface area contributed by atoms with Crippen molar-refractivity contribution in [3.8, 4) is 0 Å². The molecule has 4 heteroatoms. The van der Waals surface area contributed by atoms with Crippen LogP contribution in [0.5, 0.6) is 0 Å². The Morgan fingerprint density at radius 1 is 1.04 bits per heavy atom. The van der Waals surface area contributed by atoms with Gasteiger partial charge in [-0.2, -0.15) is 0 Å². The van der Waals surface area contributed by atoms with Gasteiger partial charge in [-0.05, 0) is 11.1 Å². The van der Waals surface area contributed by atoms with Gasteiger partial charge in [0.15, 0.2) is 0 Å². The van der Waals surface area contributed by atoms with Gasteiger partial charge in [0.05, 0.1) is 19.3 Å². The highest BCUT2D eigenvalue weighted by atomic mass is 16.6. The van der Waals surface area contributed by atoms with Gasteiger partial charge < -0.3 is 14.4 Å². The van der Waals surface area contributed by atoms with E-state index in [0.717, 1.165) is 12.0 Å². The number of ether oxygens (including phenoxy) is 2. The Morgan fingerprint density at radius 2 is 1.70 bits per heavy atom. The summed E-state index contributed by atoms with van der Waals surface area (Å²) in [6.45, 7) is 2.01. The molecule has 1 aliphatic rings. The molecule has 4 nitrogen and oxygen atoms in total. The molecule has 23 heavy (non-hydrogen) atoms. The Bertz CT molecular complexity index is 615. The van der Waals surface area contributed by atoms with Crippen LogP contribution in [0.1, 0.15) is 11.1 Å². The predicted octanol–water partition coefficient (Wildman–Crippen LogP) is 3.27. The minimum Gasteiger partial charge on any atom is -0.445 e. The van der Waals surface area contributed by atoms with Crippen molar-refractivity contribution in [1.29, 1.82) is 0 Å². The predicted molar refractivity (Wildman–Crippen MR) is 88.1 cm³/mol. The molecule has 120 valence electrons. The van der Waals surface area contributed by atoms with Gasteiger partial charge >= 0.3 is 6.09 Å². The molecule has 1 fully saturated rings. The van der Waals surface area contributed by atoms with Gasteiger partial charge in [-0.25, -0.2) is 4.79 Å². The largest absolute Gasteiger partial charge is 0.445 e. The first kappa shape index (κ1) is 15.6. The Morgan fingerprint density at radius 3 is 2.39 bits per heavy atom. The van der Waals surface area contributed by atoms with E-state index in [1.54, 1.807) is 4.90 Å². The quantitative estimate of drug-likeness (QED) is 0.870. The number of carbonyl (C=O) groups excluding carboxylic acids is 1. The summed E-state index contributed by atoms with van der Waals surface area (Å²) in [6, 6.07) is 19.9. The lowest BCUT2D eigenvalue weighted by Gasteiger charge is -2.32. The highest BCUT2D eigenvalue weighted by Crippen LogP contribution is 2.13. The number of rotatable bonds is 4. The minimum absolute atomic E-state index is 0.0235. The molecule has 1 unspecified atom stereocenters. The highest BCUT2D eigenvalue weighted by molar-refractivity contribution is 5.67. The first-order valence-electron chi connectivity index (χ1n) is 7.92. The number of hydrogen-bond acceptors (Lipinski definition) is 3. The van der Waals surface area contributed by atoms with Gasteiger partial charge in [-0.3, -0.25) is 0 Å². The zero-order valence-electron chi connectivity index (χ0n) is 13.1. The van der Waals surface area contributed by atoms with E-state index in [-0.39, 0.29) is 12.2 Å². The molecule has 0 aliphatic carbocycles. The van der Waals surface area contributed by atoms with Gasteiger partial charge in [0, 0.05) is 13.0 Å². The van der Waals surface area contributed by atoms with E-state index in [4.69, 9.17) is 9.47 Å². The second-order valence-electron chi connectivity index (χ2n) is 5.67. The van der Waals surface area contributed by atoms with Crippen LogP contribution in [0.15, 0.2) is 60.7 Å². The Labute approximate surface area is 136 Å². The summed E-state index contributed by atoms with van der Waals surface area (Å²) in [5.74, 6) is 0. The van der Waals surface area contributed by atoms with E-state index in [2.05, 4.69) is 12.1 Å². The van der Waals surface area contributed by atoms with E-state index >= 15 is 0 Å². The molecular formula is C19H21NO3. The molecule has 1 atom stereocenters. The van der Waals surface area contributed by atoms with Crippen molar-refractivity contribution < 1.29 is 14.3 Å². The van der Waals surface area contributed by atoms with Crippen molar-refractivity contribution in [2.45, 2.75) is 19.1 Å². The normalized spacial score (nSPS) is 17.7. The van der Waals surface area contributed by atoms with Crippen molar-refractivity contribution in [2.24, 2.45) is 0 Å². The van der Waals surface area contributed by atoms with Crippen LogP contribution in [0.3, 0.4) is 0 Å². The average Bonchev–Trinajstić information content (AvgIpc) is 2.62. The molecular weight excluding hydrogens is 290 g/mol. The van der Waals surface area contributed by atoms with E-state index < -0.39 is 0 Å². The van der Waals surface area contributed by atoms with Crippen molar-refractivity contribution in [3.05, 3.63) is 71.8 Å². The maximum atomic E-state index is 12.2. The van der Waals surface area contributed by atoms with Gasteiger partial charge in [0.25, 0.3) is 0 Å². The number of morpholine rings is 1. The average molecular weight is 311 g/mol. The van der Waals surface area contributed by atoms with Crippen LogP contribution in [0.4, 0.5) is 4.79 Å². The van der Waals surface area contributed by atoms with Crippen LogP contribution in [-0.4, -0.2) is 36.8 Å². The number of benzene rings is 2. The first-order valence-corrected chi connectivity index (χ1v) is 7.92. The molecule has 0 radical (unpaired) electrons. The Kier molecular flexibility index (Phi) is 5.27. The first-order chi connectivity index (χ1) is 11.3. The molecule has 1 heterocycles.